The molecule has 0 N–H and O–H groups in total. The molecule has 0 aromatic heterocycles. The lowest BCUT2D eigenvalue weighted by Gasteiger charge is -2.26. The van der Waals surface area contributed by atoms with Gasteiger partial charge in [0.05, 0.1) is 0 Å². The number of esters is 2. The van der Waals surface area contributed by atoms with Crippen molar-refractivity contribution in [1.82, 2.24) is 0 Å². The van der Waals surface area contributed by atoms with Crippen LogP contribution in [0.2, 0.25) is 5.02 Å². The largest absolute Gasteiger partial charge is 0.425 e. The van der Waals surface area contributed by atoms with Crippen molar-refractivity contribution >= 4 is 34.3 Å². The minimum absolute atomic E-state index is 0.252. The Morgan fingerprint density at radius 1 is 1.07 bits per heavy atom. The summed E-state index contributed by atoms with van der Waals surface area (Å²) in [6, 6.07) is 5.09. The average Bonchev–Trinajstić information content (AvgIpc) is 2.64. The minimum Gasteiger partial charge on any atom is -0.425 e. The first-order valence-electron chi connectivity index (χ1n) is 9.47. The molecule has 0 aliphatic carbocycles. The topological polar surface area (TPSA) is 71.1 Å². The second-order valence-electron chi connectivity index (χ2n) is 6.80. The molecule has 7 heteroatoms. The molecule has 1 aliphatic rings. The molecule has 2 aromatic carbocycles. The van der Waals surface area contributed by atoms with Gasteiger partial charge in [0.25, 0.3) is 0 Å². The van der Waals surface area contributed by atoms with Gasteiger partial charge in [-0.25, -0.2) is 0 Å². The number of ether oxygens (including phenoxy) is 2. The maximum absolute atomic E-state index is 12.2. The van der Waals surface area contributed by atoms with Crippen molar-refractivity contribution in [3.05, 3.63) is 28.8 Å². The van der Waals surface area contributed by atoms with Crippen LogP contribution < -0.4 is 14.4 Å². The average molecular weight is 407 g/mol. The summed E-state index contributed by atoms with van der Waals surface area (Å²) in [6.07, 6.45) is 2.07. The Labute approximate surface area is 168 Å². The molecule has 1 aliphatic heterocycles. The molecule has 0 fully saturated rings. The number of rotatable bonds is 6. The van der Waals surface area contributed by atoms with Crippen LogP contribution >= 0.6 is 11.6 Å². The molecule has 2 aromatic rings. The predicted octanol–water partition coefficient (Wildman–Crippen LogP) is 5.16. The van der Waals surface area contributed by atoms with Crippen LogP contribution in [0.25, 0.3) is 10.8 Å². The molecule has 0 radical (unpaired) electrons. The second kappa shape index (κ2) is 8.80. The van der Waals surface area contributed by atoms with Crippen molar-refractivity contribution in [3.8, 4) is 17.2 Å². The minimum atomic E-state index is -0.376. The maximum atomic E-state index is 12.2. The fraction of sp³-hybridized carbons (Fsp3) is 0.429. The Bertz CT molecular complexity index is 908. The quantitative estimate of drug-likeness (QED) is 0.375. The molecule has 1 atom stereocenters. The molecule has 0 spiro atoms. The standard InChI is InChI=1S/C21H23ClO6/c1-4-6-17(23)25-19-15-11-13(22)8-9-14(15)20(26-18(24)7-5-2)21-16(19)10-12(3)27-28-21/h8-9,11-12H,4-7,10H2,1-3H3. The molecule has 6 nitrogen and oxygen atoms in total. The summed E-state index contributed by atoms with van der Waals surface area (Å²) in [6.45, 7) is 5.64. The van der Waals surface area contributed by atoms with E-state index in [2.05, 4.69) is 0 Å². The van der Waals surface area contributed by atoms with Gasteiger partial charge in [-0.15, -0.1) is 0 Å². The van der Waals surface area contributed by atoms with Gasteiger partial charge >= 0.3 is 11.9 Å². The van der Waals surface area contributed by atoms with E-state index in [9.17, 15) is 9.59 Å². The summed E-state index contributed by atoms with van der Waals surface area (Å²) in [4.78, 5) is 35.2. The Morgan fingerprint density at radius 3 is 2.36 bits per heavy atom. The fourth-order valence-electron chi connectivity index (χ4n) is 3.11. The lowest BCUT2D eigenvalue weighted by Crippen LogP contribution is -2.23. The van der Waals surface area contributed by atoms with Crippen molar-refractivity contribution in [2.24, 2.45) is 0 Å². The van der Waals surface area contributed by atoms with Gasteiger partial charge in [-0.3, -0.25) is 9.59 Å². The summed E-state index contributed by atoms with van der Waals surface area (Å²) in [5.41, 5.74) is 0.622. The van der Waals surface area contributed by atoms with Crippen molar-refractivity contribution in [2.75, 3.05) is 0 Å². The Morgan fingerprint density at radius 2 is 1.71 bits per heavy atom. The van der Waals surface area contributed by atoms with Crippen molar-refractivity contribution < 1.29 is 28.8 Å². The first-order valence-corrected chi connectivity index (χ1v) is 9.85. The van der Waals surface area contributed by atoms with Crippen molar-refractivity contribution in [2.45, 2.75) is 59.0 Å². The fourth-order valence-corrected chi connectivity index (χ4v) is 3.28. The van der Waals surface area contributed by atoms with E-state index in [0.29, 0.717) is 46.4 Å². The van der Waals surface area contributed by atoms with Crippen LogP contribution in [0.1, 0.15) is 52.0 Å². The highest BCUT2D eigenvalue weighted by Crippen LogP contribution is 2.49. The number of hydrogen-bond acceptors (Lipinski definition) is 6. The monoisotopic (exact) mass is 406 g/mol. The molecule has 28 heavy (non-hydrogen) atoms. The predicted molar refractivity (Wildman–Crippen MR) is 105 cm³/mol. The molecular formula is C21H23ClO6. The highest BCUT2D eigenvalue weighted by molar-refractivity contribution is 6.31. The molecule has 0 amide bonds. The van der Waals surface area contributed by atoms with Gasteiger partial charge in [0.1, 0.15) is 11.9 Å². The van der Waals surface area contributed by atoms with E-state index >= 15 is 0 Å². The molecule has 0 saturated heterocycles. The van der Waals surface area contributed by atoms with Crippen LogP contribution in [-0.2, 0) is 20.9 Å². The summed E-state index contributed by atoms with van der Waals surface area (Å²) < 4.78 is 11.3. The number of carbonyl (C=O) groups excluding carboxylic acids is 2. The first kappa shape index (κ1) is 20.4. The van der Waals surface area contributed by atoms with Gasteiger partial charge in [0.2, 0.25) is 5.75 Å². The molecule has 150 valence electrons. The molecule has 3 rings (SSSR count). The SMILES string of the molecule is CCCC(=O)Oc1c2c(c(OC(=O)CCC)c3ccc(Cl)cc13)OOC(C)C2. The van der Waals surface area contributed by atoms with Crippen LogP contribution in [0.3, 0.4) is 0 Å². The third-order valence-electron chi connectivity index (χ3n) is 4.35. The number of halogens is 1. The molecular weight excluding hydrogens is 384 g/mol. The Kier molecular flexibility index (Phi) is 6.42. The van der Waals surface area contributed by atoms with E-state index in [1.807, 2.05) is 20.8 Å². The Hall–Kier alpha value is -2.31. The van der Waals surface area contributed by atoms with Crippen LogP contribution in [0.15, 0.2) is 18.2 Å². The van der Waals surface area contributed by atoms with E-state index in [0.717, 1.165) is 0 Å². The first-order chi connectivity index (χ1) is 13.4. The lowest BCUT2D eigenvalue weighted by atomic mass is 9.98. The van der Waals surface area contributed by atoms with Crippen molar-refractivity contribution in [3.63, 3.8) is 0 Å². The summed E-state index contributed by atoms with van der Waals surface area (Å²) >= 11 is 6.20. The van der Waals surface area contributed by atoms with Gasteiger partial charge in [-0.05, 0) is 38.0 Å². The molecule has 1 heterocycles. The Balaban J connectivity index is 2.23. The molecule has 0 saturated carbocycles. The summed E-state index contributed by atoms with van der Waals surface area (Å²) in [5.74, 6) is 0.162. The number of fused-ring (bicyclic) bond motifs is 2. The molecule has 0 bridgehead atoms. The third kappa shape index (κ3) is 4.23. The highest BCUT2D eigenvalue weighted by Gasteiger charge is 2.31. The third-order valence-corrected chi connectivity index (χ3v) is 4.59. The normalized spacial score (nSPS) is 15.6. The van der Waals surface area contributed by atoms with Crippen LogP contribution in [0.5, 0.6) is 17.2 Å². The summed E-state index contributed by atoms with van der Waals surface area (Å²) in [5, 5.41) is 1.63. The van der Waals surface area contributed by atoms with E-state index in [-0.39, 0.29) is 42.4 Å². The number of carbonyl (C=O) groups is 2. The van der Waals surface area contributed by atoms with Crippen molar-refractivity contribution in [1.29, 1.82) is 0 Å². The van der Waals surface area contributed by atoms with E-state index in [1.165, 1.54) is 0 Å². The number of hydrogen-bond donors (Lipinski definition) is 0. The van der Waals surface area contributed by atoms with Gasteiger partial charge in [0, 0.05) is 40.6 Å². The van der Waals surface area contributed by atoms with Crippen LogP contribution in [-0.4, -0.2) is 18.0 Å². The maximum Gasteiger partial charge on any atom is 0.311 e. The van der Waals surface area contributed by atoms with E-state index < -0.39 is 0 Å². The van der Waals surface area contributed by atoms with E-state index in [1.54, 1.807) is 18.2 Å². The highest BCUT2D eigenvalue weighted by atomic mass is 35.5. The van der Waals surface area contributed by atoms with Gasteiger partial charge in [-0.1, -0.05) is 25.4 Å². The van der Waals surface area contributed by atoms with Gasteiger partial charge < -0.3 is 14.4 Å². The zero-order valence-electron chi connectivity index (χ0n) is 16.2. The zero-order valence-corrected chi connectivity index (χ0v) is 16.9. The second-order valence-corrected chi connectivity index (χ2v) is 7.23. The van der Waals surface area contributed by atoms with E-state index in [4.69, 9.17) is 30.8 Å². The van der Waals surface area contributed by atoms with Gasteiger partial charge in [-0.2, -0.15) is 4.89 Å². The number of benzene rings is 2. The molecule has 1 unspecified atom stereocenters. The van der Waals surface area contributed by atoms with Crippen LogP contribution in [0.4, 0.5) is 0 Å². The zero-order chi connectivity index (χ0) is 20.3. The summed E-state index contributed by atoms with van der Waals surface area (Å²) in [7, 11) is 0. The smallest absolute Gasteiger partial charge is 0.311 e. The van der Waals surface area contributed by atoms with Crippen LogP contribution in [0, 0.1) is 0 Å². The lowest BCUT2D eigenvalue weighted by molar-refractivity contribution is -0.250. The van der Waals surface area contributed by atoms with Gasteiger partial charge in [0.15, 0.2) is 5.75 Å².